The molecule has 0 fully saturated rings. The maximum Gasteiger partial charge on any atom is 0.573 e. The molecule has 25 heavy (non-hydrogen) atoms. The third kappa shape index (κ3) is 4.80. The molecule has 0 N–H and O–H groups in total. The third-order valence-electron chi connectivity index (χ3n) is 3.03. The van der Waals surface area contributed by atoms with Gasteiger partial charge in [-0.1, -0.05) is 12.1 Å². The van der Waals surface area contributed by atoms with Crippen molar-refractivity contribution in [3.8, 4) is 16.9 Å². The molecule has 0 amide bonds. The van der Waals surface area contributed by atoms with Crippen LogP contribution >= 0.6 is 0 Å². The van der Waals surface area contributed by atoms with Crippen LogP contribution in [0.2, 0.25) is 0 Å². The second-order valence-electron chi connectivity index (χ2n) is 4.83. The molecule has 0 aromatic heterocycles. The topological polar surface area (TPSA) is 9.23 Å². The molecule has 0 aliphatic carbocycles. The van der Waals surface area contributed by atoms with Gasteiger partial charge in [-0.2, -0.15) is 26.3 Å². The van der Waals surface area contributed by atoms with Gasteiger partial charge >= 0.3 is 18.7 Å². The summed E-state index contributed by atoms with van der Waals surface area (Å²) in [5.74, 6) is -0.851. The van der Waals surface area contributed by atoms with Crippen LogP contribution in [0.5, 0.6) is 5.75 Å². The van der Waals surface area contributed by atoms with E-state index in [9.17, 15) is 39.5 Å². The molecular weight excluding hydrogens is 367 g/mol. The minimum absolute atomic E-state index is 0.232. The number of benzene rings is 2. The first kappa shape index (κ1) is 18.9. The van der Waals surface area contributed by atoms with Gasteiger partial charge in [0.15, 0.2) is 0 Å². The summed E-state index contributed by atoms with van der Waals surface area (Å²) >= 11 is 0. The summed E-state index contributed by atoms with van der Waals surface area (Å²) < 4.78 is 118. The van der Waals surface area contributed by atoms with Crippen molar-refractivity contribution >= 4 is 0 Å². The van der Waals surface area contributed by atoms with Crippen LogP contribution in [0.1, 0.15) is 11.1 Å². The summed E-state index contributed by atoms with van der Waals surface area (Å²) in [6.45, 7) is 0. The molecule has 0 aliphatic heterocycles. The Kier molecular flexibility index (Phi) is 4.67. The van der Waals surface area contributed by atoms with Crippen LogP contribution in [-0.4, -0.2) is 6.36 Å². The second-order valence-corrected chi connectivity index (χ2v) is 4.83. The van der Waals surface area contributed by atoms with E-state index in [1.807, 2.05) is 0 Å². The van der Waals surface area contributed by atoms with Gasteiger partial charge < -0.3 is 4.74 Å². The highest BCUT2D eigenvalue weighted by atomic mass is 19.4. The molecule has 0 radical (unpaired) electrons. The van der Waals surface area contributed by atoms with E-state index in [1.165, 1.54) is 0 Å². The molecule has 2 rings (SSSR count). The summed E-state index contributed by atoms with van der Waals surface area (Å²) in [4.78, 5) is 0. The molecule has 0 atom stereocenters. The zero-order chi connectivity index (χ0) is 19.0. The highest BCUT2D eigenvalue weighted by molar-refractivity contribution is 5.70. The molecule has 10 heteroatoms. The maximum absolute atomic E-state index is 13.0. The van der Waals surface area contributed by atoms with E-state index in [-0.39, 0.29) is 18.2 Å². The van der Waals surface area contributed by atoms with E-state index in [0.29, 0.717) is 6.07 Å². The van der Waals surface area contributed by atoms with E-state index in [4.69, 9.17) is 0 Å². The van der Waals surface area contributed by atoms with Crippen molar-refractivity contribution in [2.75, 3.05) is 0 Å². The Morgan fingerprint density at radius 2 is 1.32 bits per heavy atom. The Bertz CT molecular complexity index is 757. The number of hydrogen-bond donors (Lipinski definition) is 0. The molecule has 0 heterocycles. The third-order valence-corrected chi connectivity index (χ3v) is 3.03. The molecule has 0 unspecified atom stereocenters. The lowest BCUT2D eigenvalue weighted by molar-refractivity contribution is -0.274. The van der Waals surface area contributed by atoms with Crippen molar-refractivity contribution in [1.29, 1.82) is 0 Å². The van der Waals surface area contributed by atoms with Gasteiger partial charge in [-0.25, -0.2) is 0 Å². The number of rotatable bonds is 2. The molecule has 0 bridgehead atoms. The summed E-state index contributed by atoms with van der Waals surface area (Å²) in [7, 11) is 0. The SMILES string of the molecule is FC(F)(F)Oc1cccc(-c2cc(C(F)(F)F)ccc2C(F)(F)F)c1. The first-order chi connectivity index (χ1) is 11.3. The molecular formula is C15H7F9O. The number of ether oxygens (including phenoxy) is 1. The quantitative estimate of drug-likeness (QED) is 0.562. The maximum atomic E-state index is 13.0. The standard InChI is InChI=1S/C15H7F9O/c16-13(17,18)9-4-5-12(14(19,20)21)11(7-9)8-2-1-3-10(6-8)25-15(22,23)24/h1-7H. The predicted molar refractivity (Wildman–Crippen MR) is 68.6 cm³/mol. The Hall–Kier alpha value is -2.39. The highest BCUT2D eigenvalue weighted by Gasteiger charge is 2.37. The Balaban J connectivity index is 2.62. The van der Waals surface area contributed by atoms with Gasteiger partial charge in [-0.3, -0.25) is 0 Å². The fraction of sp³-hybridized carbons (Fsp3) is 0.200. The van der Waals surface area contributed by atoms with Crippen LogP contribution in [0.15, 0.2) is 42.5 Å². The van der Waals surface area contributed by atoms with Crippen molar-refractivity contribution in [3.63, 3.8) is 0 Å². The number of hydrogen-bond acceptors (Lipinski definition) is 1. The van der Waals surface area contributed by atoms with Crippen LogP contribution in [0.25, 0.3) is 11.1 Å². The monoisotopic (exact) mass is 374 g/mol. The van der Waals surface area contributed by atoms with Crippen molar-refractivity contribution in [2.45, 2.75) is 18.7 Å². The average molecular weight is 374 g/mol. The van der Waals surface area contributed by atoms with Gasteiger partial charge in [-0.15, -0.1) is 13.2 Å². The van der Waals surface area contributed by atoms with E-state index in [1.54, 1.807) is 0 Å². The molecule has 0 saturated heterocycles. The Morgan fingerprint density at radius 1 is 0.680 bits per heavy atom. The number of halogens is 9. The lowest BCUT2D eigenvalue weighted by Crippen LogP contribution is -2.17. The molecule has 0 saturated carbocycles. The van der Waals surface area contributed by atoms with Crippen molar-refractivity contribution in [1.82, 2.24) is 0 Å². The largest absolute Gasteiger partial charge is 0.573 e. The minimum atomic E-state index is -5.10. The van der Waals surface area contributed by atoms with E-state index in [2.05, 4.69) is 4.74 Å². The van der Waals surface area contributed by atoms with Crippen LogP contribution in [0, 0.1) is 0 Å². The van der Waals surface area contributed by atoms with E-state index < -0.39 is 46.7 Å². The smallest absolute Gasteiger partial charge is 0.406 e. The molecule has 0 aliphatic rings. The first-order valence-electron chi connectivity index (χ1n) is 6.42. The molecule has 1 nitrogen and oxygen atoms in total. The fourth-order valence-corrected chi connectivity index (χ4v) is 2.07. The summed E-state index contributed by atoms with van der Waals surface area (Å²) in [6.07, 6.45) is -15.0. The second kappa shape index (κ2) is 6.16. The van der Waals surface area contributed by atoms with Gasteiger partial charge in [0.1, 0.15) is 5.75 Å². The predicted octanol–water partition coefficient (Wildman–Crippen LogP) is 6.29. The lowest BCUT2D eigenvalue weighted by Gasteiger charge is -2.17. The van der Waals surface area contributed by atoms with Gasteiger partial charge in [-0.05, 0) is 41.5 Å². The lowest BCUT2D eigenvalue weighted by atomic mass is 9.96. The van der Waals surface area contributed by atoms with Crippen LogP contribution in [0.4, 0.5) is 39.5 Å². The normalized spacial score (nSPS) is 13.0. The fourth-order valence-electron chi connectivity index (χ4n) is 2.07. The van der Waals surface area contributed by atoms with Crippen molar-refractivity contribution < 1.29 is 44.3 Å². The summed E-state index contributed by atoms with van der Waals surface area (Å²) in [6, 6.07) is 4.01. The summed E-state index contributed by atoms with van der Waals surface area (Å²) in [5, 5.41) is 0. The van der Waals surface area contributed by atoms with Gasteiger partial charge in [0.25, 0.3) is 0 Å². The average Bonchev–Trinajstić information content (AvgIpc) is 2.43. The van der Waals surface area contributed by atoms with E-state index >= 15 is 0 Å². The van der Waals surface area contributed by atoms with Gasteiger partial charge in [0.05, 0.1) is 11.1 Å². The Morgan fingerprint density at radius 3 is 1.84 bits per heavy atom. The summed E-state index contributed by atoms with van der Waals surface area (Å²) in [5.41, 5.74) is -4.18. The highest BCUT2D eigenvalue weighted by Crippen LogP contribution is 2.41. The van der Waals surface area contributed by atoms with Crippen LogP contribution in [-0.2, 0) is 12.4 Å². The van der Waals surface area contributed by atoms with Crippen molar-refractivity contribution in [3.05, 3.63) is 53.6 Å². The first-order valence-corrected chi connectivity index (χ1v) is 6.42. The number of alkyl halides is 9. The van der Waals surface area contributed by atoms with Crippen LogP contribution < -0.4 is 4.74 Å². The zero-order valence-corrected chi connectivity index (χ0v) is 11.9. The van der Waals surface area contributed by atoms with Crippen molar-refractivity contribution in [2.24, 2.45) is 0 Å². The Labute approximate surface area is 134 Å². The van der Waals surface area contributed by atoms with Gasteiger partial charge in [0, 0.05) is 0 Å². The van der Waals surface area contributed by atoms with E-state index in [0.717, 1.165) is 18.2 Å². The van der Waals surface area contributed by atoms with Crippen LogP contribution in [0.3, 0.4) is 0 Å². The van der Waals surface area contributed by atoms with Gasteiger partial charge in [0.2, 0.25) is 0 Å². The zero-order valence-electron chi connectivity index (χ0n) is 11.9. The molecule has 0 spiro atoms. The molecule has 136 valence electrons. The molecule has 2 aromatic rings. The molecule has 2 aromatic carbocycles. The minimum Gasteiger partial charge on any atom is -0.406 e.